The van der Waals surface area contributed by atoms with Crippen molar-refractivity contribution in [3.8, 4) is 0 Å². The molecular weight excluding hydrogens is 294 g/mol. The van der Waals surface area contributed by atoms with E-state index in [0.29, 0.717) is 32.8 Å². The van der Waals surface area contributed by atoms with Crippen LogP contribution in [0.1, 0.15) is 72.1 Å². The van der Waals surface area contributed by atoms with E-state index in [9.17, 15) is 4.79 Å². The molecule has 0 spiro atoms. The van der Waals surface area contributed by atoms with Gasteiger partial charge in [-0.1, -0.05) is 45.4 Å². The maximum absolute atomic E-state index is 11.6. The highest BCUT2D eigenvalue weighted by Gasteiger charge is 2.05. The van der Waals surface area contributed by atoms with Crippen molar-refractivity contribution in [2.45, 2.75) is 84.3 Å². The summed E-state index contributed by atoms with van der Waals surface area (Å²) in [6.07, 6.45) is 8.67. The Morgan fingerprint density at radius 2 is 1.70 bits per heavy atom. The first-order valence-corrected chi connectivity index (χ1v) is 9.20. The molecule has 0 saturated heterocycles. The largest absolute Gasteiger partial charge is 0.391 e. The highest BCUT2D eigenvalue weighted by molar-refractivity contribution is 5.75. The SMILES string of the molecule is CCCCCCCCCC(=O)NCCOCC(C)OCC(C)O. The van der Waals surface area contributed by atoms with Crippen molar-refractivity contribution >= 4 is 5.91 Å². The molecule has 2 N–H and O–H groups in total. The number of aliphatic hydroxyl groups excluding tert-OH is 1. The normalized spacial score (nSPS) is 13.7. The van der Waals surface area contributed by atoms with Crippen molar-refractivity contribution in [3.63, 3.8) is 0 Å². The monoisotopic (exact) mass is 331 g/mol. The molecule has 0 aromatic carbocycles. The third kappa shape index (κ3) is 17.5. The molecule has 2 atom stereocenters. The average molecular weight is 331 g/mol. The average Bonchev–Trinajstić information content (AvgIpc) is 2.51. The van der Waals surface area contributed by atoms with Crippen molar-refractivity contribution in [2.75, 3.05) is 26.4 Å². The summed E-state index contributed by atoms with van der Waals surface area (Å²) in [6.45, 7) is 7.64. The molecule has 0 bridgehead atoms. The van der Waals surface area contributed by atoms with Crippen LogP contribution in [0, 0.1) is 0 Å². The molecule has 0 heterocycles. The van der Waals surface area contributed by atoms with Crippen LogP contribution in [0.4, 0.5) is 0 Å². The minimum absolute atomic E-state index is 0.0481. The van der Waals surface area contributed by atoms with Gasteiger partial charge in [0.25, 0.3) is 0 Å². The summed E-state index contributed by atoms with van der Waals surface area (Å²) in [5.74, 6) is 0.112. The number of nitrogens with one attached hydrogen (secondary N) is 1. The second-order valence-corrected chi connectivity index (χ2v) is 6.29. The molecule has 23 heavy (non-hydrogen) atoms. The number of carbonyl (C=O) groups excluding carboxylic acids is 1. The van der Waals surface area contributed by atoms with Gasteiger partial charge in [0.15, 0.2) is 0 Å². The fourth-order valence-corrected chi connectivity index (χ4v) is 2.19. The lowest BCUT2D eigenvalue weighted by molar-refractivity contribution is -0.121. The summed E-state index contributed by atoms with van der Waals surface area (Å²) in [5, 5.41) is 12.0. The molecule has 2 unspecified atom stereocenters. The molecule has 5 heteroatoms. The molecule has 0 aliphatic rings. The number of amides is 1. The predicted molar refractivity (Wildman–Crippen MR) is 93.5 cm³/mol. The highest BCUT2D eigenvalue weighted by Crippen LogP contribution is 2.08. The van der Waals surface area contributed by atoms with Crippen LogP contribution in [-0.4, -0.2) is 49.6 Å². The van der Waals surface area contributed by atoms with E-state index in [2.05, 4.69) is 12.2 Å². The summed E-state index contributed by atoms with van der Waals surface area (Å²) in [7, 11) is 0. The number of hydrogen-bond donors (Lipinski definition) is 2. The fraction of sp³-hybridized carbons (Fsp3) is 0.944. The number of rotatable bonds is 16. The van der Waals surface area contributed by atoms with E-state index >= 15 is 0 Å². The molecule has 0 aliphatic carbocycles. The smallest absolute Gasteiger partial charge is 0.220 e. The molecule has 0 saturated carbocycles. The lowest BCUT2D eigenvalue weighted by Gasteiger charge is -2.14. The molecule has 138 valence electrons. The van der Waals surface area contributed by atoms with E-state index in [0.717, 1.165) is 12.8 Å². The van der Waals surface area contributed by atoms with Crippen LogP contribution < -0.4 is 5.32 Å². The van der Waals surface area contributed by atoms with E-state index in [-0.39, 0.29) is 12.0 Å². The van der Waals surface area contributed by atoms with Crippen molar-refractivity contribution in [1.82, 2.24) is 5.32 Å². The Hall–Kier alpha value is -0.650. The number of hydrogen-bond acceptors (Lipinski definition) is 4. The van der Waals surface area contributed by atoms with E-state index in [1.54, 1.807) is 6.92 Å². The molecule has 0 rings (SSSR count). The van der Waals surface area contributed by atoms with Crippen LogP contribution >= 0.6 is 0 Å². The number of carbonyl (C=O) groups is 1. The Morgan fingerprint density at radius 1 is 1.04 bits per heavy atom. The molecule has 1 amide bonds. The lowest BCUT2D eigenvalue weighted by atomic mass is 10.1. The molecule has 0 aromatic rings. The standard InChI is InChI=1S/C18H37NO4/c1-4-5-6-7-8-9-10-11-18(21)19-12-13-22-15-17(3)23-14-16(2)20/h16-17,20H,4-15H2,1-3H3,(H,19,21). The Labute approximate surface area is 142 Å². The Balaban J connectivity index is 3.30. The van der Waals surface area contributed by atoms with E-state index in [1.165, 1.54) is 32.1 Å². The second-order valence-electron chi connectivity index (χ2n) is 6.29. The van der Waals surface area contributed by atoms with Gasteiger partial charge in [0.05, 0.1) is 32.0 Å². The van der Waals surface area contributed by atoms with E-state index in [4.69, 9.17) is 14.6 Å². The highest BCUT2D eigenvalue weighted by atomic mass is 16.5. The second kappa shape index (κ2) is 16.2. The van der Waals surface area contributed by atoms with Crippen LogP contribution in [-0.2, 0) is 14.3 Å². The molecule has 0 radical (unpaired) electrons. The van der Waals surface area contributed by atoms with Gasteiger partial charge in [0.1, 0.15) is 0 Å². The zero-order valence-corrected chi connectivity index (χ0v) is 15.3. The van der Waals surface area contributed by atoms with Crippen LogP contribution in [0.3, 0.4) is 0 Å². The van der Waals surface area contributed by atoms with Gasteiger partial charge in [-0.2, -0.15) is 0 Å². The first kappa shape index (κ1) is 22.4. The quantitative estimate of drug-likeness (QED) is 0.427. The van der Waals surface area contributed by atoms with E-state index in [1.807, 2.05) is 6.92 Å². The third-order valence-corrected chi connectivity index (χ3v) is 3.55. The maximum atomic E-state index is 11.6. The number of aliphatic hydroxyl groups is 1. The van der Waals surface area contributed by atoms with E-state index < -0.39 is 6.10 Å². The minimum atomic E-state index is -0.455. The first-order chi connectivity index (χ1) is 11.1. The van der Waals surface area contributed by atoms with Gasteiger partial charge in [-0.3, -0.25) is 4.79 Å². The summed E-state index contributed by atoms with van der Waals surface area (Å²) >= 11 is 0. The van der Waals surface area contributed by atoms with Crippen LogP contribution in [0.15, 0.2) is 0 Å². The Bertz CT molecular complexity index is 272. The topological polar surface area (TPSA) is 67.8 Å². The van der Waals surface area contributed by atoms with Gasteiger partial charge >= 0.3 is 0 Å². The van der Waals surface area contributed by atoms with Crippen molar-refractivity contribution in [2.24, 2.45) is 0 Å². The van der Waals surface area contributed by atoms with Crippen molar-refractivity contribution < 1.29 is 19.4 Å². The summed E-state index contributed by atoms with van der Waals surface area (Å²) in [5.41, 5.74) is 0. The third-order valence-electron chi connectivity index (χ3n) is 3.55. The van der Waals surface area contributed by atoms with Gasteiger partial charge in [0.2, 0.25) is 5.91 Å². The molecule has 0 aromatic heterocycles. The number of unbranched alkanes of at least 4 members (excludes halogenated alkanes) is 6. The molecule has 0 fully saturated rings. The Morgan fingerprint density at radius 3 is 2.35 bits per heavy atom. The maximum Gasteiger partial charge on any atom is 0.220 e. The molecular formula is C18H37NO4. The van der Waals surface area contributed by atoms with Crippen LogP contribution in [0.2, 0.25) is 0 Å². The summed E-state index contributed by atoms with van der Waals surface area (Å²) < 4.78 is 10.8. The van der Waals surface area contributed by atoms with Crippen LogP contribution in [0.5, 0.6) is 0 Å². The zero-order chi connectivity index (χ0) is 17.3. The first-order valence-electron chi connectivity index (χ1n) is 9.20. The van der Waals surface area contributed by atoms with Gasteiger partial charge in [-0.15, -0.1) is 0 Å². The summed E-state index contributed by atoms with van der Waals surface area (Å²) in [6, 6.07) is 0. The number of ether oxygens (including phenoxy) is 2. The van der Waals surface area contributed by atoms with Crippen LogP contribution in [0.25, 0.3) is 0 Å². The molecule has 5 nitrogen and oxygen atoms in total. The lowest BCUT2D eigenvalue weighted by Crippen LogP contribution is -2.28. The van der Waals surface area contributed by atoms with Gasteiger partial charge in [0, 0.05) is 13.0 Å². The Kier molecular flexibility index (Phi) is 15.8. The zero-order valence-electron chi connectivity index (χ0n) is 15.3. The predicted octanol–water partition coefficient (Wildman–Crippen LogP) is 3.05. The summed E-state index contributed by atoms with van der Waals surface area (Å²) in [4.78, 5) is 11.6. The molecule has 0 aliphatic heterocycles. The van der Waals surface area contributed by atoms with Gasteiger partial charge in [-0.05, 0) is 20.3 Å². The van der Waals surface area contributed by atoms with Crippen molar-refractivity contribution in [1.29, 1.82) is 0 Å². The van der Waals surface area contributed by atoms with Gasteiger partial charge < -0.3 is 19.9 Å². The van der Waals surface area contributed by atoms with Crippen molar-refractivity contribution in [3.05, 3.63) is 0 Å². The minimum Gasteiger partial charge on any atom is -0.391 e. The fourth-order valence-electron chi connectivity index (χ4n) is 2.19. The van der Waals surface area contributed by atoms with Gasteiger partial charge in [-0.25, -0.2) is 0 Å².